The molecule has 2 heterocycles. The first-order chi connectivity index (χ1) is 8.76. The Morgan fingerprint density at radius 3 is 2.94 bits per heavy atom. The van der Waals surface area contributed by atoms with Gasteiger partial charge in [-0.25, -0.2) is 9.97 Å². The van der Waals surface area contributed by atoms with E-state index in [9.17, 15) is 4.79 Å². The number of thioether (sulfide) groups is 1. The van der Waals surface area contributed by atoms with Crippen LogP contribution in [-0.4, -0.2) is 41.3 Å². The molecule has 3 rings (SSSR count). The first kappa shape index (κ1) is 11.8. The van der Waals surface area contributed by atoms with Gasteiger partial charge in [0, 0.05) is 25.3 Å². The number of rotatable bonds is 4. The largest absolute Gasteiger partial charge is 0.355 e. The van der Waals surface area contributed by atoms with E-state index in [1.165, 1.54) is 11.8 Å². The molecule has 1 aromatic heterocycles. The molecule has 0 spiro atoms. The molecule has 0 unspecified atom stereocenters. The molecule has 2 fully saturated rings. The fourth-order valence-electron chi connectivity index (χ4n) is 1.98. The molecule has 0 atom stereocenters. The topological polar surface area (TPSA) is 58.1 Å². The van der Waals surface area contributed by atoms with Gasteiger partial charge in [-0.3, -0.25) is 4.79 Å². The average Bonchev–Trinajstić information content (AvgIpc) is 3.11. The molecule has 1 amide bonds. The van der Waals surface area contributed by atoms with Crippen molar-refractivity contribution < 1.29 is 4.79 Å². The minimum absolute atomic E-state index is 0.123. The van der Waals surface area contributed by atoms with Crippen molar-refractivity contribution in [1.82, 2.24) is 15.3 Å². The normalized spacial score (nSPS) is 19.5. The number of nitrogens with zero attached hydrogens (tertiary/aromatic N) is 3. The SMILES string of the molecule is CSc1nccc(N2CC(C(=O)NC3CC3)C2)n1. The minimum Gasteiger partial charge on any atom is -0.355 e. The molecule has 1 aliphatic heterocycles. The molecule has 0 bridgehead atoms. The predicted molar refractivity (Wildman–Crippen MR) is 70.7 cm³/mol. The highest BCUT2D eigenvalue weighted by atomic mass is 32.2. The number of amides is 1. The van der Waals surface area contributed by atoms with Crippen LogP contribution in [0, 0.1) is 5.92 Å². The third-order valence-corrected chi connectivity index (χ3v) is 3.86. The summed E-state index contributed by atoms with van der Waals surface area (Å²) < 4.78 is 0. The zero-order valence-corrected chi connectivity index (χ0v) is 11.1. The highest BCUT2D eigenvalue weighted by Gasteiger charge is 2.36. The summed E-state index contributed by atoms with van der Waals surface area (Å²) in [7, 11) is 0. The minimum atomic E-state index is 0.123. The monoisotopic (exact) mass is 264 g/mol. The van der Waals surface area contributed by atoms with Crippen LogP contribution in [0.5, 0.6) is 0 Å². The zero-order valence-electron chi connectivity index (χ0n) is 10.3. The van der Waals surface area contributed by atoms with Gasteiger partial charge in [0.25, 0.3) is 0 Å². The molecule has 1 saturated heterocycles. The van der Waals surface area contributed by atoms with Crippen molar-refractivity contribution in [2.75, 3.05) is 24.2 Å². The number of aromatic nitrogens is 2. The number of anilines is 1. The zero-order chi connectivity index (χ0) is 12.5. The van der Waals surface area contributed by atoms with Gasteiger partial charge in [0.2, 0.25) is 5.91 Å². The summed E-state index contributed by atoms with van der Waals surface area (Å²) in [5.41, 5.74) is 0. The Bertz CT molecular complexity index is 457. The Hall–Kier alpha value is -1.30. The summed E-state index contributed by atoms with van der Waals surface area (Å²) in [6.07, 6.45) is 6.02. The Balaban J connectivity index is 1.55. The summed E-state index contributed by atoms with van der Waals surface area (Å²) in [6, 6.07) is 2.35. The van der Waals surface area contributed by atoms with Gasteiger partial charge >= 0.3 is 0 Å². The fraction of sp³-hybridized carbons (Fsp3) is 0.583. The summed E-state index contributed by atoms with van der Waals surface area (Å²) >= 11 is 1.53. The van der Waals surface area contributed by atoms with Crippen molar-refractivity contribution in [3.8, 4) is 0 Å². The maximum atomic E-state index is 11.8. The second kappa shape index (κ2) is 4.76. The van der Waals surface area contributed by atoms with E-state index in [2.05, 4.69) is 20.2 Å². The molecular formula is C12H16N4OS. The Kier molecular flexibility index (Phi) is 3.11. The Labute approximate surface area is 110 Å². The van der Waals surface area contributed by atoms with Crippen LogP contribution in [0.3, 0.4) is 0 Å². The third kappa shape index (κ3) is 2.43. The first-order valence-electron chi connectivity index (χ1n) is 6.18. The van der Waals surface area contributed by atoms with Crippen LogP contribution >= 0.6 is 11.8 Å². The lowest BCUT2D eigenvalue weighted by Gasteiger charge is -2.39. The van der Waals surface area contributed by atoms with Crippen molar-refractivity contribution in [2.24, 2.45) is 5.92 Å². The molecule has 5 nitrogen and oxygen atoms in total. The van der Waals surface area contributed by atoms with Crippen LogP contribution in [0.4, 0.5) is 5.82 Å². The number of carbonyl (C=O) groups excluding carboxylic acids is 1. The first-order valence-corrected chi connectivity index (χ1v) is 7.41. The number of hydrogen-bond donors (Lipinski definition) is 1. The predicted octanol–water partition coefficient (Wildman–Crippen LogP) is 0.913. The molecule has 1 aliphatic carbocycles. The molecule has 1 aromatic rings. The maximum Gasteiger partial charge on any atom is 0.226 e. The summed E-state index contributed by atoms with van der Waals surface area (Å²) in [5, 5.41) is 3.82. The standard InChI is InChI=1S/C12H16N4OS/c1-18-12-13-5-4-10(15-12)16-6-8(7-16)11(17)14-9-2-3-9/h4-5,8-9H,2-3,6-7H2,1H3,(H,14,17). The molecule has 1 saturated carbocycles. The van der Waals surface area contributed by atoms with E-state index in [-0.39, 0.29) is 11.8 Å². The maximum absolute atomic E-state index is 11.8. The molecule has 1 N–H and O–H groups in total. The highest BCUT2D eigenvalue weighted by molar-refractivity contribution is 7.98. The van der Waals surface area contributed by atoms with Crippen LogP contribution < -0.4 is 10.2 Å². The number of nitrogens with one attached hydrogen (secondary N) is 1. The lowest BCUT2D eigenvalue weighted by atomic mass is 9.99. The van der Waals surface area contributed by atoms with Crippen LogP contribution in [0.15, 0.2) is 17.4 Å². The number of carbonyl (C=O) groups is 1. The van der Waals surface area contributed by atoms with Gasteiger partial charge in [-0.05, 0) is 25.2 Å². The molecular weight excluding hydrogens is 248 g/mol. The number of hydrogen-bond acceptors (Lipinski definition) is 5. The van der Waals surface area contributed by atoms with E-state index in [4.69, 9.17) is 0 Å². The molecule has 96 valence electrons. The highest BCUT2D eigenvalue weighted by Crippen LogP contribution is 2.25. The molecule has 18 heavy (non-hydrogen) atoms. The average molecular weight is 264 g/mol. The van der Waals surface area contributed by atoms with E-state index in [0.29, 0.717) is 6.04 Å². The third-order valence-electron chi connectivity index (χ3n) is 3.30. The van der Waals surface area contributed by atoms with Crippen molar-refractivity contribution in [1.29, 1.82) is 0 Å². The van der Waals surface area contributed by atoms with E-state index >= 15 is 0 Å². The van der Waals surface area contributed by atoms with Crippen molar-refractivity contribution in [2.45, 2.75) is 24.0 Å². The Morgan fingerprint density at radius 2 is 2.28 bits per heavy atom. The van der Waals surface area contributed by atoms with E-state index in [0.717, 1.165) is 36.9 Å². The van der Waals surface area contributed by atoms with Crippen LogP contribution in [0.1, 0.15) is 12.8 Å². The van der Waals surface area contributed by atoms with Gasteiger partial charge in [-0.2, -0.15) is 0 Å². The fourth-order valence-corrected chi connectivity index (χ4v) is 2.34. The molecule has 0 radical (unpaired) electrons. The van der Waals surface area contributed by atoms with Crippen LogP contribution in [-0.2, 0) is 4.79 Å². The molecule has 2 aliphatic rings. The van der Waals surface area contributed by atoms with Gasteiger partial charge in [0.15, 0.2) is 5.16 Å². The van der Waals surface area contributed by atoms with Crippen LogP contribution in [0.2, 0.25) is 0 Å². The van der Waals surface area contributed by atoms with Gasteiger partial charge in [-0.15, -0.1) is 0 Å². The van der Waals surface area contributed by atoms with Gasteiger partial charge in [0.1, 0.15) is 5.82 Å². The van der Waals surface area contributed by atoms with Gasteiger partial charge in [0.05, 0.1) is 5.92 Å². The van der Waals surface area contributed by atoms with Crippen molar-refractivity contribution in [3.05, 3.63) is 12.3 Å². The van der Waals surface area contributed by atoms with Crippen molar-refractivity contribution in [3.63, 3.8) is 0 Å². The van der Waals surface area contributed by atoms with Crippen molar-refractivity contribution >= 4 is 23.5 Å². The van der Waals surface area contributed by atoms with E-state index < -0.39 is 0 Å². The van der Waals surface area contributed by atoms with E-state index in [1.54, 1.807) is 6.20 Å². The summed E-state index contributed by atoms with van der Waals surface area (Å²) in [4.78, 5) is 22.5. The smallest absolute Gasteiger partial charge is 0.226 e. The van der Waals surface area contributed by atoms with Gasteiger partial charge < -0.3 is 10.2 Å². The van der Waals surface area contributed by atoms with Crippen LogP contribution in [0.25, 0.3) is 0 Å². The summed E-state index contributed by atoms with van der Waals surface area (Å²) in [5.74, 6) is 1.25. The molecule has 0 aromatic carbocycles. The second-order valence-corrected chi connectivity index (χ2v) is 5.56. The quantitative estimate of drug-likeness (QED) is 0.647. The Morgan fingerprint density at radius 1 is 1.50 bits per heavy atom. The lowest BCUT2D eigenvalue weighted by molar-refractivity contribution is -0.125. The summed E-state index contributed by atoms with van der Waals surface area (Å²) in [6.45, 7) is 1.53. The van der Waals surface area contributed by atoms with E-state index in [1.807, 2.05) is 12.3 Å². The molecule has 6 heteroatoms. The lowest BCUT2D eigenvalue weighted by Crippen LogP contribution is -2.54. The second-order valence-electron chi connectivity index (χ2n) is 4.79. The van der Waals surface area contributed by atoms with Gasteiger partial charge in [-0.1, -0.05) is 11.8 Å².